The lowest BCUT2D eigenvalue weighted by Gasteiger charge is -2.07. The van der Waals surface area contributed by atoms with Gasteiger partial charge in [0.15, 0.2) is 0 Å². The summed E-state index contributed by atoms with van der Waals surface area (Å²) in [6.45, 7) is 0. The Bertz CT molecular complexity index is 896. The first-order valence-corrected chi connectivity index (χ1v) is 7.89. The Labute approximate surface area is 149 Å². The Morgan fingerprint density at radius 3 is 2.16 bits per heavy atom. The van der Waals surface area contributed by atoms with Crippen LogP contribution in [-0.4, -0.2) is 16.8 Å². The number of amides is 2. The molecule has 0 saturated carbocycles. The summed E-state index contributed by atoms with van der Waals surface area (Å²) in [5, 5.41) is 6.06. The highest BCUT2D eigenvalue weighted by Gasteiger charge is 2.12. The van der Waals surface area contributed by atoms with Gasteiger partial charge in [0.05, 0.1) is 0 Å². The average molecular weight is 352 g/mol. The van der Waals surface area contributed by atoms with Crippen molar-refractivity contribution in [1.82, 2.24) is 4.98 Å². The first kappa shape index (κ1) is 16.7. The van der Waals surface area contributed by atoms with E-state index in [2.05, 4.69) is 15.6 Å². The summed E-state index contributed by atoms with van der Waals surface area (Å²) in [6.07, 6.45) is 1.43. The molecule has 0 aliphatic heterocycles. The molecule has 25 heavy (non-hydrogen) atoms. The molecule has 0 spiro atoms. The molecule has 0 atom stereocenters. The third-order valence-electron chi connectivity index (χ3n) is 3.39. The van der Waals surface area contributed by atoms with E-state index in [4.69, 9.17) is 11.6 Å². The Kier molecular flexibility index (Phi) is 5.06. The quantitative estimate of drug-likeness (QED) is 0.738. The number of para-hydroxylation sites is 1. The van der Waals surface area contributed by atoms with Gasteiger partial charge in [-0.15, -0.1) is 0 Å². The number of carbonyl (C=O) groups excluding carboxylic acids is 2. The van der Waals surface area contributed by atoms with Gasteiger partial charge in [-0.25, -0.2) is 0 Å². The summed E-state index contributed by atoms with van der Waals surface area (Å²) in [6, 6.07) is 18.8. The summed E-state index contributed by atoms with van der Waals surface area (Å²) in [5.74, 6) is -0.717. The predicted octanol–water partition coefficient (Wildman–Crippen LogP) is 4.24. The lowest BCUT2D eigenvalue weighted by Crippen LogP contribution is -2.16. The highest BCUT2D eigenvalue weighted by Crippen LogP contribution is 2.15. The third-order valence-corrected chi connectivity index (χ3v) is 3.64. The molecule has 124 valence electrons. The molecule has 5 nitrogen and oxygen atoms in total. The minimum Gasteiger partial charge on any atom is -0.322 e. The molecule has 6 heteroatoms. The Morgan fingerprint density at radius 2 is 1.44 bits per heavy atom. The summed E-state index contributed by atoms with van der Waals surface area (Å²) in [4.78, 5) is 28.6. The number of hydrogen-bond donors (Lipinski definition) is 2. The molecule has 0 aliphatic rings. The van der Waals surface area contributed by atoms with E-state index in [1.807, 2.05) is 18.2 Å². The van der Waals surface area contributed by atoms with Gasteiger partial charge >= 0.3 is 0 Å². The van der Waals surface area contributed by atoms with Crippen LogP contribution in [0, 0.1) is 0 Å². The van der Waals surface area contributed by atoms with Crippen LogP contribution in [-0.2, 0) is 0 Å². The number of rotatable bonds is 4. The van der Waals surface area contributed by atoms with Crippen LogP contribution in [0.4, 0.5) is 11.4 Å². The van der Waals surface area contributed by atoms with E-state index in [0.717, 1.165) is 0 Å². The van der Waals surface area contributed by atoms with Gasteiger partial charge in [0.25, 0.3) is 11.8 Å². The SMILES string of the molecule is O=C(Nc1ccccc1)c1ccnc(C(=O)Nc2ccc(Cl)cc2)c1. The normalized spacial score (nSPS) is 10.1. The van der Waals surface area contributed by atoms with E-state index in [9.17, 15) is 9.59 Å². The Morgan fingerprint density at radius 1 is 0.800 bits per heavy atom. The highest BCUT2D eigenvalue weighted by atomic mass is 35.5. The van der Waals surface area contributed by atoms with Gasteiger partial charge in [-0.05, 0) is 48.5 Å². The molecule has 0 saturated heterocycles. The standard InChI is InChI=1S/C19H14ClN3O2/c20-14-6-8-16(9-7-14)23-19(25)17-12-13(10-11-21-17)18(24)22-15-4-2-1-3-5-15/h1-12H,(H,22,24)(H,23,25). The van der Waals surface area contributed by atoms with Crippen LogP contribution < -0.4 is 10.6 Å². The monoisotopic (exact) mass is 351 g/mol. The molecule has 0 bridgehead atoms. The van der Waals surface area contributed by atoms with E-state index < -0.39 is 5.91 Å². The van der Waals surface area contributed by atoms with Crippen molar-refractivity contribution in [2.24, 2.45) is 0 Å². The first-order valence-electron chi connectivity index (χ1n) is 7.51. The van der Waals surface area contributed by atoms with Crippen LogP contribution in [0.15, 0.2) is 72.9 Å². The second kappa shape index (κ2) is 7.59. The second-order valence-electron chi connectivity index (χ2n) is 5.21. The molecule has 3 aromatic rings. The Balaban J connectivity index is 1.73. The van der Waals surface area contributed by atoms with Crippen LogP contribution in [0.25, 0.3) is 0 Å². The number of pyridine rings is 1. The smallest absolute Gasteiger partial charge is 0.274 e. The zero-order chi connectivity index (χ0) is 17.6. The number of anilines is 2. The number of hydrogen-bond acceptors (Lipinski definition) is 3. The number of aromatic nitrogens is 1. The highest BCUT2D eigenvalue weighted by molar-refractivity contribution is 6.30. The maximum Gasteiger partial charge on any atom is 0.274 e. The van der Waals surface area contributed by atoms with Gasteiger partial charge in [-0.1, -0.05) is 29.8 Å². The van der Waals surface area contributed by atoms with E-state index in [1.165, 1.54) is 12.3 Å². The second-order valence-corrected chi connectivity index (χ2v) is 5.65. The van der Waals surface area contributed by atoms with Crippen molar-refractivity contribution in [2.45, 2.75) is 0 Å². The molecule has 1 aromatic heterocycles. The fraction of sp³-hybridized carbons (Fsp3) is 0. The zero-order valence-electron chi connectivity index (χ0n) is 13.1. The lowest BCUT2D eigenvalue weighted by atomic mass is 10.2. The van der Waals surface area contributed by atoms with Gasteiger partial charge < -0.3 is 10.6 Å². The van der Waals surface area contributed by atoms with Crippen LogP contribution >= 0.6 is 11.6 Å². The summed E-state index contributed by atoms with van der Waals surface area (Å²) in [5.41, 5.74) is 1.77. The lowest BCUT2D eigenvalue weighted by molar-refractivity contribution is 0.102. The molecule has 2 amide bonds. The molecule has 3 rings (SSSR count). The van der Waals surface area contributed by atoms with Crippen molar-refractivity contribution >= 4 is 34.8 Å². The fourth-order valence-corrected chi connectivity index (χ4v) is 2.28. The van der Waals surface area contributed by atoms with E-state index in [1.54, 1.807) is 42.5 Å². The molecule has 2 N–H and O–H groups in total. The first-order chi connectivity index (χ1) is 12.1. The molecule has 0 fully saturated rings. The fourth-order valence-electron chi connectivity index (χ4n) is 2.15. The van der Waals surface area contributed by atoms with Gasteiger partial charge in [-0.3, -0.25) is 14.6 Å². The van der Waals surface area contributed by atoms with Crippen LogP contribution in [0.5, 0.6) is 0 Å². The largest absolute Gasteiger partial charge is 0.322 e. The number of carbonyl (C=O) groups is 2. The van der Waals surface area contributed by atoms with Crippen molar-refractivity contribution < 1.29 is 9.59 Å². The van der Waals surface area contributed by atoms with E-state index >= 15 is 0 Å². The molecular weight excluding hydrogens is 338 g/mol. The van der Waals surface area contributed by atoms with Crippen molar-refractivity contribution in [1.29, 1.82) is 0 Å². The number of benzene rings is 2. The van der Waals surface area contributed by atoms with Crippen molar-refractivity contribution in [2.75, 3.05) is 10.6 Å². The molecule has 0 aliphatic carbocycles. The van der Waals surface area contributed by atoms with Crippen molar-refractivity contribution in [3.8, 4) is 0 Å². The third kappa shape index (κ3) is 4.43. The Hall–Kier alpha value is -3.18. The summed E-state index contributed by atoms with van der Waals surface area (Å²) in [7, 11) is 0. The molecular formula is C19H14ClN3O2. The summed E-state index contributed by atoms with van der Waals surface area (Å²) < 4.78 is 0. The van der Waals surface area contributed by atoms with Gasteiger partial charge in [-0.2, -0.15) is 0 Å². The maximum atomic E-state index is 12.3. The number of halogens is 1. The minimum absolute atomic E-state index is 0.149. The molecule has 0 unspecified atom stereocenters. The van der Waals surface area contributed by atoms with Crippen molar-refractivity contribution in [3.05, 3.63) is 89.2 Å². The topological polar surface area (TPSA) is 71.1 Å². The van der Waals surface area contributed by atoms with Crippen LogP contribution in [0.3, 0.4) is 0 Å². The van der Waals surface area contributed by atoms with E-state index in [-0.39, 0.29) is 11.6 Å². The zero-order valence-corrected chi connectivity index (χ0v) is 13.8. The predicted molar refractivity (Wildman–Crippen MR) is 98.0 cm³/mol. The van der Waals surface area contributed by atoms with Gasteiger partial charge in [0.2, 0.25) is 0 Å². The van der Waals surface area contributed by atoms with E-state index in [0.29, 0.717) is 22.0 Å². The van der Waals surface area contributed by atoms with Gasteiger partial charge in [0.1, 0.15) is 5.69 Å². The molecule has 2 aromatic carbocycles. The summed E-state index contributed by atoms with van der Waals surface area (Å²) >= 11 is 5.82. The van der Waals surface area contributed by atoms with Gasteiger partial charge in [0, 0.05) is 28.2 Å². The maximum absolute atomic E-state index is 12.3. The minimum atomic E-state index is -0.406. The molecule has 0 radical (unpaired) electrons. The average Bonchev–Trinajstić information content (AvgIpc) is 2.64. The van der Waals surface area contributed by atoms with Crippen LogP contribution in [0.1, 0.15) is 20.8 Å². The van der Waals surface area contributed by atoms with Crippen LogP contribution in [0.2, 0.25) is 5.02 Å². The number of nitrogens with one attached hydrogen (secondary N) is 2. The van der Waals surface area contributed by atoms with Crippen molar-refractivity contribution in [3.63, 3.8) is 0 Å². The molecule has 1 heterocycles. The number of nitrogens with zero attached hydrogens (tertiary/aromatic N) is 1.